The molecule has 1 fully saturated rings. The summed E-state index contributed by atoms with van der Waals surface area (Å²) in [6.07, 6.45) is 0.729. The van der Waals surface area contributed by atoms with E-state index >= 15 is 0 Å². The standard InChI is InChI=1S/C17H23NO5/c1-16(2)9-13(10-17(3,4)18(16)22)23-15(21)12-7-5-11(6-8-12)14(19)20/h5-8,13,22H,9-10H2,1-4H3,(H,19,20). The first-order chi connectivity index (χ1) is 10.5. The van der Waals surface area contributed by atoms with Gasteiger partial charge in [-0.3, -0.25) is 0 Å². The Balaban J connectivity index is 2.09. The Morgan fingerprint density at radius 2 is 1.48 bits per heavy atom. The summed E-state index contributed by atoms with van der Waals surface area (Å²) in [5.74, 6) is -1.52. The van der Waals surface area contributed by atoms with Crippen LogP contribution in [0.2, 0.25) is 0 Å². The predicted molar refractivity (Wildman–Crippen MR) is 83.6 cm³/mol. The molecule has 0 amide bonds. The molecule has 6 heteroatoms. The summed E-state index contributed by atoms with van der Waals surface area (Å²) in [4.78, 5) is 23.1. The van der Waals surface area contributed by atoms with Crippen LogP contribution in [0.3, 0.4) is 0 Å². The first-order valence-corrected chi connectivity index (χ1v) is 7.56. The summed E-state index contributed by atoms with van der Waals surface area (Å²) in [5.41, 5.74) is -0.561. The van der Waals surface area contributed by atoms with Gasteiger partial charge in [0.05, 0.1) is 11.1 Å². The molecule has 0 aliphatic carbocycles. The first-order valence-electron chi connectivity index (χ1n) is 7.56. The van der Waals surface area contributed by atoms with Gasteiger partial charge in [-0.15, -0.1) is 0 Å². The number of benzene rings is 1. The number of ether oxygens (including phenoxy) is 1. The molecule has 6 nitrogen and oxygen atoms in total. The second kappa shape index (κ2) is 5.94. The van der Waals surface area contributed by atoms with Crippen LogP contribution < -0.4 is 0 Å². The average molecular weight is 321 g/mol. The van der Waals surface area contributed by atoms with Gasteiger partial charge in [0.1, 0.15) is 6.10 Å². The monoisotopic (exact) mass is 321 g/mol. The molecular formula is C17H23NO5. The number of carboxylic acid groups (broad SMARTS) is 1. The van der Waals surface area contributed by atoms with Gasteiger partial charge in [-0.25, -0.2) is 9.59 Å². The van der Waals surface area contributed by atoms with Gasteiger partial charge in [0, 0.05) is 23.9 Å². The highest BCUT2D eigenvalue weighted by Gasteiger charge is 2.46. The van der Waals surface area contributed by atoms with E-state index in [0.29, 0.717) is 18.4 Å². The van der Waals surface area contributed by atoms with Crippen molar-refractivity contribution in [2.75, 3.05) is 0 Å². The zero-order valence-corrected chi connectivity index (χ0v) is 13.9. The van der Waals surface area contributed by atoms with Crippen molar-refractivity contribution in [2.24, 2.45) is 0 Å². The third-order valence-corrected chi connectivity index (χ3v) is 4.24. The second-order valence-corrected chi connectivity index (χ2v) is 7.25. The van der Waals surface area contributed by atoms with E-state index in [4.69, 9.17) is 9.84 Å². The van der Waals surface area contributed by atoms with Gasteiger partial charge in [-0.05, 0) is 52.0 Å². The van der Waals surface area contributed by atoms with E-state index in [1.165, 1.54) is 29.3 Å². The summed E-state index contributed by atoms with van der Waals surface area (Å²) in [6, 6.07) is 5.65. The highest BCUT2D eigenvalue weighted by atomic mass is 16.5. The Labute approximate surface area is 135 Å². The van der Waals surface area contributed by atoms with Crippen molar-refractivity contribution >= 4 is 11.9 Å². The minimum Gasteiger partial charge on any atom is -0.478 e. The maximum absolute atomic E-state index is 12.3. The van der Waals surface area contributed by atoms with Gasteiger partial charge >= 0.3 is 11.9 Å². The Morgan fingerprint density at radius 1 is 1.04 bits per heavy atom. The van der Waals surface area contributed by atoms with Crippen molar-refractivity contribution in [1.29, 1.82) is 0 Å². The molecule has 0 unspecified atom stereocenters. The number of hydrogen-bond donors (Lipinski definition) is 2. The lowest BCUT2D eigenvalue weighted by atomic mass is 9.80. The molecule has 0 saturated carbocycles. The van der Waals surface area contributed by atoms with Gasteiger partial charge in [0.2, 0.25) is 0 Å². The molecule has 0 aromatic heterocycles. The molecule has 1 heterocycles. The zero-order chi connectivity index (χ0) is 17.4. The smallest absolute Gasteiger partial charge is 0.338 e. The highest BCUT2D eigenvalue weighted by molar-refractivity contribution is 5.92. The number of carboxylic acids is 1. The van der Waals surface area contributed by atoms with Crippen LogP contribution in [0.15, 0.2) is 24.3 Å². The molecule has 2 N–H and O–H groups in total. The number of carbonyl (C=O) groups is 2. The SMILES string of the molecule is CC1(C)CC(OC(=O)c2ccc(C(=O)O)cc2)CC(C)(C)N1O. The van der Waals surface area contributed by atoms with Crippen molar-refractivity contribution in [3.63, 3.8) is 0 Å². The number of aromatic carboxylic acids is 1. The van der Waals surface area contributed by atoms with E-state index < -0.39 is 23.0 Å². The van der Waals surface area contributed by atoms with Crippen LogP contribution in [-0.2, 0) is 4.74 Å². The molecule has 1 aromatic carbocycles. The quantitative estimate of drug-likeness (QED) is 0.832. The molecule has 1 aromatic rings. The second-order valence-electron chi connectivity index (χ2n) is 7.25. The maximum Gasteiger partial charge on any atom is 0.338 e. The number of rotatable bonds is 3. The van der Waals surface area contributed by atoms with Gasteiger partial charge in [0.15, 0.2) is 0 Å². The highest BCUT2D eigenvalue weighted by Crippen LogP contribution is 2.38. The molecule has 0 bridgehead atoms. The molecule has 1 aliphatic rings. The van der Waals surface area contributed by atoms with E-state index in [1.807, 2.05) is 27.7 Å². The van der Waals surface area contributed by atoms with E-state index in [0.717, 1.165) is 0 Å². The summed E-state index contributed by atoms with van der Waals surface area (Å²) >= 11 is 0. The van der Waals surface area contributed by atoms with Gasteiger partial charge in [-0.1, -0.05) is 0 Å². The molecule has 1 aliphatic heterocycles. The van der Waals surface area contributed by atoms with Gasteiger partial charge in [0.25, 0.3) is 0 Å². The fraction of sp³-hybridized carbons (Fsp3) is 0.529. The largest absolute Gasteiger partial charge is 0.478 e. The minimum absolute atomic E-state index is 0.123. The molecule has 126 valence electrons. The van der Waals surface area contributed by atoms with Crippen LogP contribution in [0.4, 0.5) is 0 Å². The molecule has 1 saturated heterocycles. The van der Waals surface area contributed by atoms with E-state index in [9.17, 15) is 14.8 Å². The fourth-order valence-corrected chi connectivity index (χ4v) is 3.23. The third kappa shape index (κ3) is 3.71. The van der Waals surface area contributed by atoms with E-state index in [1.54, 1.807) is 0 Å². The van der Waals surface area contributed by atoms with Crippen molar-refractivity contribution in [2.45, 2.75) is 57.7 Å². The Kier molecular flexibility index (Phi) is 4.50. The van der Waals surface area contributed by atoms with E-state index in [2.05, 4.69) is 0 Å². The predicted octanol–water partition coefficient (Wildman–Crippen LogP) is 2.95. The summed E-state index contributed by atoms with van der Waals surface area (Å²) in [7, 11) is 0. The Morgan fingerprint density at radius 3 is 1.91 bits per heavy atom. The third-order valence-electron chi connectivity index (χ3n) is 4.24. The van der Waals surface area contributed by atoms with Crippen molar-refractivity contribution in [3.8, 4) is 0 Å². The van der Waals surface area contributed by atoms with Gasteiger partial charge < -0.3 is 15.1 Å². The molecular weight excluding hydrogens is 298 g/mol. The summed E-state index contributed by atoms with van der Waals surface area (Å²) in [5, 5.41) is 20.4. The number of esters is 1. The zero-order valence-electron chi connectivity index (χ0n) is 13.9. The topological polar surface area (TPSA) is 87.1 Å². The van der Waals surface area contributed by atoms with Crippen LogP contribution in [0.1, 0.15) is 61.3 Å². The van der Waals surface area contributed by atoms with Crippen LogP contribution >= 0.6 is 0 Å². The average Bonchev–Trinajstić information content (AvgIpc) is 2.44. The Hall–Kier alpha value is -1.92. The summed E-state index contributed by atoms with van der Waals surface area (Å²) in [6.45, 7) is 7.60. The number of piperidine rings is 1. The lowest BCUT2D eigenvalue weighted by molar-refractivity contribution is -0.256. The summed E-state index contributed by atoms with van der Waals surface area (Å²) < 4.78 is 5.57. The lowest BCUT2D eigenvalue weighted by Crippen LogP contribution is -2.60. The first kappa shape index (κ1) is 17.4. The normalized spacial score (nSPS) is 20.9. The van der Waals surface area contributed by atoms with Crippen molar-refractivity contribution in [1.82, 2.24) is 5.06 Å². The number of hydrogen-bond acceptors (Lipinski definition) is 5. The molecule has 0 spiro atoms. The van der Waals surface area contributed by atoms with E-state index in [-0.39, 0.29) is 11.7 Å². The van der Waals surface area contributed by atoms with Crippen LogP contribution in [0.5, 0.6) is 0 Å². The molecule has 0 atom stereocenters. The Bertz CT molecular complexity index is 588. The van der Waals surface area contributed by atoms with Crippen LogP contribution in [-0.4, -0.2) is 44.5 Å². The van der Waals surface area contributed by atoms with Crippen LogP contribution in [0.25, 0.3) is 0 Å². The number of carbonyl (C=O) groups excluding carboxylic acids is 1. The molecule has 23 heavy (non-hydrogen) atoms. The lowest BCUT2D eigenvalue weighted by Gasteiger charge is -2.50. The minimum atomic E-state index is -1.04. The number of hydroxylamine groups is 2. The van der Waals surface area contributed by atoms with Gasteiger partial charge in [-0.2, -0.15) is 5.06 Å². The number of nitrogens with zero attached hydrogens (tertiary/aromatic N) is 1. The molecule has 2 rings (SSSR count). The van der Waals surface area contributed by atoms with Crippen molar-refractivity contribution < 1.29 is 24.6 Å². The molecule has 0 radical (unpaired) electrons. The fourth-order valence-electron chi connectivity index (χ4n) is 3.23. The van der Waals surface area contributed by atoms with Crippen molar-refractivity contribution in [3.05, 3.63) is 35.4 Å². The van der Waals surface area contributed by atoms with Crippen LogP contribution in [0, 0.1) is 0 Å². The maximum atomic E-state index is 12.3.